The minimum atomic E-state index is -0.305. The van der Waals surface area contributed by atoms with Crippen LogP contribution in [-0.2, 0) is 4.79 Å². The summed E-state index contributed by atoms with van der Waals surface area (Å²) in [4.78, 5) is 25.3. The lowest BCUT2D eigenvalue weighted by Gasteiger charge is -2.18. The van der Waals surface area contributed by atoms with Gasteiger partial charge < -0.3 is 20.3 Å². The van der Waals surface area contributed by atoms with Gasteiger partial charge in [-0.3, -0.25) is 4.79 Å². The number of amides is 3. The molecule has 1 atom stereocenters. The van der Waals surface area contributed by atoms with Gasteiger partial charge >= 0.3 is 6.03 Å². The van der Waals surface area contributed by atoms with Crippen molar-refractivity contribution in [2.45, 2.75) is 12.5 Å². The number of halogens is 1. The topological polar surface area (TPSA) is 70.7 Å². The number of nitrogens with one attached hydrogen (secondary N) is 2. The van der Waals surface area contributed by atoms with Gasteiger partial charge in [0.05, 0.1) is 13.2 Å². The number of hydrogen-bond donors (Lipinski definition) is 2. The van der Waals surface area contributed by atoms with Crippen LogP contribution in [0, 0.1) is 0 Å². The number of nitrogens with zero attached hydrogens (tertiary/aromatic N) is 1. The van der Waals surface area contributed by atoms with Crippen molar-refractivity contribution in [2.75, 3.05) is 31.0 Å². The fourth-order valence-corrected chi connectivity index (χ4v) is 2.32. The van der Waals surface area contributed by atoms with Crippen molar-refractivity contribution in [1.29, 1.82) is 0 Å². The summed E-state index contributed by atoms with van der Waals surface area (Å²) in [5.74, 6) is 1.02. The molecule has 0 unspecified atom stereocenters. The Hall–Kier alpha value is -1.95. The Morgan fingerprint density at radius 1 is 1.52 bits per heavy atom. The lowest BCUT2D eigenvalue weighted by atomic mass is 10.2. The second-order valence-electron chi connectivity index (χ2n) is 4.70. The van der Waals surface area contributed by atoms with Crippen molar-refractivity contribution >= 4 is 29.2 Å². The first-order valence-corrected chi connectivity index (χ1v) is 7.22. The SMILES string of the molecule is COc1cccc(N2C[C@@H](NC(=O)NCCCl)CC2=O)c1. The molecular formula is C14H18ClN3O3. The highest BCUT2D eigenvalue weighted by molar-refractivity contribution is 6.18. The molecule has 6 nitrogen and oxygen atoms in total. The fourth-order valence-electron chi connectivity index (χ4n) is 2.23. The zero-order valence-electron chi connectivity index (χ0n) is 11.8. The zero-order valence-corrected chi connectivity index (χ0v) is 12.5. The fraction of sp³-hybridized carbons (Fsp3) is 0.429. The van der Waals surface area contributed by atoms with E-state index in [2.05, 4.69) is 10.6 Å². The van der Waals surface area contributed by atoms with E-state index in [1.807, 2.05) is 18.2 Å². The van der Waals surface area contributed by atoms with E-state index in [0.29, 0.717) is 24.7 Å². The molecule has 1 aliphatic rings. The second-order valence-corrected chi connectivity index (χ2v) is 5.07. The molecule has 0 aliphatic carbocycles. The van der Waals surface area contributed by atoms with Gasteiger partial charge in [-0.15, -0.1) is 11.6 Å². The van der Waals surface area contributed by atoms with Crippen molar-refractivity contribution in [3.8, 4) is 5.75 Å². The van der Waals surface area contributed by atoms with Gasteiger partial charge in [-0.25, -0.2) is 4.79 Å². The summed E-state index contributed by atoms with van der Waals surface area (Å²) in [6.07, 6.45) is 0.283. The van der Waals surface area contributed by atoms with Crippen molar-refractivity contribution in [3.05, 3.63) is 24.3 Å². The Labute approximate surface area is 128 Å². The number of carbonyl (C=O) groups is 2. The third-order valence-corrected chi connectivity index (χ3v) is 3.39. The number of alkyl halides is 1. The van der Waals surface area contributed by atoms with Crippen LogP contribution < -0.4 is 20.3 Å². The van der Waals surface area contributed by atoms with Gasteiger partial charge in [0.15, 0.2) is 0 Å². The predicted molar refractivity (Wildman–Crippen MR) is 81.0 cm³/mol. The van der Waals surface area contributed by atoms with E-state index >= 15 is 0 Å². The van der Waals surface area contributed by atoms with Crippen LogP contribution >= 0.6 is 11.6 Å². The van der Waals surface area contributed by atoms with E-state index in [9.17, 15) is 9.59 Å². The van der Waals surface area contributed by atoms with Crippen LogP contribution in [0.1, 0.15) is 6.42 Å². The van der Waals surface area contributed by atoms with Gasteiger partial charge in [0.1, 0.15) is 5.75 Å². The molecule has 1 saturated heterocycles. The highest BCUT2D eigenvalue weighted by Gasteiger charge is 2.31. The number of carbonyl (C=O) groups excluding carboxylic acids is 2. The van der Waals surface area contributed by atoms with Crippen LogP contribution in [0.2, 0.25) is 0 Å². The van der Waals surface area contributed by atoms with E-state index in [1.165, 1.54) is 0 Å². The van der Waals surface area contributed by atoms with Crippen LogP contribution in [0.15, 0.2) is 24.3 Å². The van der Waals surface area contributed by atoms with Crippen LogP contribution in [0.25, 0.3) is 0 Å². The monoisotopic (exact) mass is 311 g/mol. The van der Waals surface area contributed by atoms with Crippen molar-refractivity contribution in [3.63, 3.8) is 0 Å². The van der Waals surface area contributed by atoms with E-state index < -0.39 is 0 Å². The first kappa shape index (κ1) is 15.4. The molecule has 1 aromatic carbocycles. The molecule has 114 valence electrons. The molecule has 2 N–H and O–H groups in total. The molecule has 3 amide bonds. The Bertz CT molecular complexity index is 524. The summed E-state index contributed by atoms with van der Waals surface area (Å²) < 4.78 is 5.16. The van der Waals surface area contributed by atoms with Gasteiger partial charge in [0, 0.05) is 37.1 Å². The first-order valence-electron chi connectivity index (χ1n) is 6.68. The van der Waals surface area contributed by atoms with Crippen LogP contribution in [0.4, 0.5) is 10.5 Å². The number of ether oxygens (including phenoxy) is 1. The minimum absolute atomic E-state index is 0.0223. The molecule has 0 spiro atoms. The summed E-state index contributed by atoms with van der Waals surface area (Å²) in [5, 5.41) is 5.39. The Morgan fingerprint density at radius 3 is 3.05 bits per heavy atom. The van der Waals surface area contributed by atoms with Gasteiger partial charge in [0.2, 0.25) is 5.91 Å². The van der Waals surface area contributed by atoms with Crippen molar-refractivity contribution in [2.24, 2.45) is 0 Å². The molecule has 0 aromatic heterocycles. The van der Waals surface area contributed by atoms with E-state index in [4.69, 9.17) is 16.3 Å². The average molecular weight is 312 g/mol. The molecular weight excluding hydrogens is 294 g/mol. The Kier molecular flexibility index (Phi) is 5.27. The smallest absolute Gasteiger partial charge is 0.315 e. The number of rotatable bonds is 5. The number of hydrogen-bond acceptors (Lipinski definition) is 3. The standard InChI is InChI=1S/C14H18ClN3O3/c1-21-12-4-2-3-11(8-12)18-9-10(7-13(18)19)17-14(20)16-6-5-15/h2-4,8,10H,5-7,9H2,1H3,(H2,16,17,20)/t10-/m0/s1. The second kappa shape index (κ2) is 7.17. The number of anilines is 1. The Balaban J connectivity index is 1.97. The minimum Gasteiger partial charge on any atom is -0.497 e. The third-order valence-electron chi connectivity index (χ3n) is 3.21. The quantitative estimate of drug-likeness (QED) is 0.806. The van der Waals surface area contributed by atoms with E-state index in [0.717, 1.165) is 5.69 Å². The Morgan fingerprint density at radius 2 is 2.33 bits per heavy atom. The number of urea groups is 1. The van der Waals surface area contributed by atoms with Crippen molar-refractivity contribution < 1.29 is 14.3 Å². The van der Waals surface area contributed by atoms with Gasteiger partial charge in [-0.2, -0.15) is 0 Å². The maximum Gasteiger partial charge on any atom is 0.315 e. The lowest BCUT2D eigenvalue weighted by Crippen LogP contribution is -2.43. The predicted octanol–water partition coefficient (Wildman–Crippen LogP) is 1.34. The zero-order chi connectivity index (χ0) is 15.2. The van der Waals surface area contributed by atoms with E-state index in [1.54, 1.807) is 18.1 Å². The molecule has 1 aromatic rings. The highest BCUT2D eigenvalue weighted by Crippen LogP contribution is 2.25. The average Bonchev–Trinajstić information content (AvgIpc) is 2.85. The summed E-state index contributed by atoms with van der Waals surface area (Å²) in [6.45, 7) is 0.841. The van der Waals surface area contributed by atoms with Crippen LogP contribution in [0.5, 0.6) is 5.75 Å². The van der Waals surface area contributed by atoms with Crippen LogP contribution in [0.3, 0.4) is 0 Å². The largest absolute Gasteiger partial charge is 0.497 e. The van der Waals surface area contributed by atoms with Gasteiger partial charge in [-0.1, -0.05) is 6.07 Å². The van der Waals surface area contributed by atoms with Gasteiger partial charge in [0.25, 0.3) is 0 Å². The molecule has 0 bridgehead atoms. The highest BCUT2D eigenvalue weighted by atomic mass is 35.5. The summed E-state index contributed by atoms with van der Waals surface area (Å²) in [7, 11) is 1.58. The molecule has 1 aliphatic heterocycles. The maximum absolute atomic E-state index is 12.1. The normalized spacial score (nSPS) is 17.7. The van der Waals surface area contributed by atoms with E-state index in [-0.39, 0.29) is 24.4 Å². The maximum atomic E-state index is 12.1. The molecule has 1 fully saturated rings. The van der Waals surface area contributed by atoms with Gasteiger partial charge in [-0.05, 0) is 12.1 Å². The molecule has 2 rings (SSSR count). The molecule has 0 radical (unpaired) electrons. The number of methoxy groups -OCH3 is 1. The van der Waals surface area contributed by atoms with Crippen molar-refractivity contribution in [1.82, 2.24) is 10.6 Å². The first-order chi connectivity index (χ1) is 10.1. The molecule has 7 heteroatoms. The summed E-state index contributed by atoms with van der Waals surface area (Å²) in [6, 6.07) is 6.78. The molecule has 1 heterocycles. The number of benzene rings is 1. The molecule has 21 heavy (non-hydrogen) atoms. The summed E-state index contributed by atoms with van der Waals surface area (Å²) in [5.41, 5.74) is 0.768. The summed E-state index contributed by atoms with van der Waals surface area (Å²) >= 11 is 5.50. The molecule has 0 saturated carbocycles. The lowest BCUT2D eigenvalue weighted by molar-refractivity contribution is -0.117. The third kappa shape index (κ3) is 4.01. The van der Waals surface area contributed by atoms with Crippen LogP contribution in [-0.4, -0.2) is 44.1 Å².